The van der Waals surface area contributed by atoms with Gasteiger partial charge in [-0.2, -0.15) is 0 Å². The molecule has 1 aromatic heterocycles. The van der Waals surface area contributed by atoms with Crippen LogP contribution < -0.4 is 10.6 Å². The molecule has 2 amide bonds. The van der Waals surface area contributed by atoms with Gasteiger partial charge in [0, 0.05) is 29.3 Å². The summed E-state index contributed by atoms with van der Waals surface area (Å²) in [7, 11) is 0. The minimum absolute atomic E-state index is 0.00352. The summed E-state index contributed by atoms with van der Waals surface area (Å²) in [5.74, 6) is -0.0293. The van der Waals surface area contributed by atoms with E-state index in [9.17, 15) is 9.59 Å². The van der Waals surface area contributed by atoms with Crippen molar-refractivity contribution < 1.29 is 9.59 Å². The highest BCUT2D eigenvalue weighted by molar-refractivity contribution is 9.10. The molecular formula is C18H20BrN3O2S. The molecule has 0 aliphatic carbocycles. The van der Waals surface area contributed by atoms with Crippen molar-refractivity contribution in [1.82, 2.24) is 10.2 Å². The molecular weight excluding hydrogens is 402 g/mol. The van der Waals surface area contributed by atoms with Gasteiger partial charge in [-0.1, -0.05) is 18.2 Å². The summed E-state index contributed by atoms with van der Waals surface area (Å²) in [5.41, 5.74) is 0.816. The number of para-hydroxylation sites is 1. The Morgan fingerprint density at radius 1 is 1.16 bits per heavy atom. The van der Waals surface area contributed by atoms with Gasteiger partial charge in [0.1, 0.15) is 4.88 Å². The van der Waals surface area contributed by atoms with Crippen molar-refractivity contribution in [2.45, 2.75) is 18.9 Å². The molecule has 25 heavy (non-hydrogen) atoms. The lowest BCUT2D eigenvalue weighted by atomic mass is 10.0. The summed E-state index contributed by atoms with van der Waals surface area (Å²) in [6.07, 6.45) is 1.71. The number of nitrogens with zero attached hydrogens (tertiary/aromatic N) is 1. The fourth-order valence-corrected chi connectivity index (χ4v) is 4.32. The van der Waals surface area contributed by atoms with Crippen LogP contribution in [0.4, 0.5) is 5.69 Å². The number of nitrogens with one attached hydrogen (secondary N) is 2. The van der Waals surface area contributed by atoms with Gasteiger partial charge in [-0.05, 0) is 52.4 Å². The van der Waals surface area contributed by atoms with E-state index in [1.807, 2.05) is 41.8 Å². The SMILES string of the molecule is O=C(CN1CCC(NC(=O)c2sccc2Br)CC1)Nc1ccccc1. The smallest absolute Gasteiger partial charge is 0.262 e. The highest BCUT2D eigenvalue weighted by atomic mass is 79.9. The molecule has 2 heterocycles. The van der Waals surface area contributed by atoms with E-state index in [2.05, 4.69) is 31.5 Å². The van der Waals surface area contributed by atoms with E-state index in [1.165, 1.54) is 11.3 Å². The van der Waals surface area contributed by atoms with Crippen LogP contribution in [0.2, 0.25) is 0 Å². The average molecular weight is 422 g/mol. The van der Waals surface area contributed by atoms with Crippen LogP contribution in [0, 0.1) is 0 Å². The zero-order chi connectivity index (χ0) is 17.6. The average Bonchev–Trinajstić information content (AvgIpc) is 3.03. The predicted octanol–water partition coefficient (Wildman–Crippen LogP) is 3.34. The molecule has 0 radical (unpaired) electrons. The van der Waals surface area contributed by atoms with Crippen LogP contribution in [0.15, 0.2) is 46.3 Å². The molecule has 5 nitrogen and oxygen atoms in total. The van der Waals surface area contributed by atoms with Crippen molar-refractivity contribution in [1.29, 1.82) is 0 Å². The maximum Gasteiger partial charge on any atom is 0.262 e. The van der Waals surface area contributed by atoms with Crippen LogP contribution in [0.25, 0.3) is 0 Å². The lowest BCUT2D eigenvalue weighted by Crippen LogP contribution is -2.46. The summed E-state index contributed by atoms with van der Waals surface area (Å²) in [6.45, 7) is 1.99. The Morgan fingerprint density at radius 2 is 1.88 bits per heavy atom. The zero-order valence-electron chi connectivity index (χ0n) is 13.7. The van der Waals surface area contributed by atoms with Crippen LogP contribution in [0.1, 0.15) is 22.5 Å². The van der Waals surface area contributed by atoms with Crippen molar-refractivity contribution in [3.8, 4) is 0 Å². The van der Waals surface area contributed by atoms with Crippen molar-refractivity contribution in [2.24, 2.45) is 0 Å². The largest absolute Gasteiger partial charge is 0.348 e. The Labute approximate surface area is 159 Å². The molecule has 2 N–H and O–H groups in total. The fourth-order valence-electron chi connectivity index (χ4n) is 2.87. The van der Waals surface area contributed by atoms with E-state index >= 15 is 0 Å². The third kappa shape index (κ3) is 5.14. The topological polar surface area (TPSA) is 61.4 Å². The molecule has 1 aliphatic heterocycles. The van der Waals surface area contributed by atoms with Crippen molar-refractivity contribution in [2.75, 3.05) is 25.0 Å². The number of hydrogen-bond donors (Lipinski definition) is 2. The molecule has 2 aromatic rings. The number of carbonyl (C=O) groups is 2. The summed E-state index contributed by atoms with van der Waals surface area (Å²) >= 11 is 4.83. The standard InChI is InChI=1S/C18H20BrN3O2S/c19-15-8-11-25-17(15)18(24)21-14-6-9-22(10-7-14)12-16(23)20-13-4-2-1-3-5-13/h1-5,8,11,14H,6-7,9-10,12H2,(H,20,23)(H,21,24). The highest BCUT2D eigenvalue weighted by Gasteiger charge is 2.23. The maximum absolute atomic E-state index is 12.2. The van der Waals surface area contributed by atoms with E-state index in [4.69, 9.17) is 0 Å². The number of piperidine rings is 1. The Morgan fingerprint density at radius 3 is 2.52 bits per heavy atom. The molecule has 0 bridgehead atoms. The second kappa shape index (κ2) is 8.60. The molecule has 0 saturated carbocycles. The summed E-state index contributed by atoms with van der Waals surface area (Å²) in [4.78, 5) is 27.2. The first-order chi connectivity index (χ1) is 12.1. The molecule has 1 aromatic carbocycles. The van der Waals surface area contributed by atoms with E-state index in [1.54, 1.807) is 0 Å². The quantitative estimate of drug-likeness (QED) is 0.777. The number of likely N-dealkylation sites (tertiary alicyclic amines) is 1. The first kappa shape index (κ1) is 18.1. The Hall–Kier alpha value is -1.70. The van der Waals surface area contributed by atoms with Gasteiger partial charge in [0.25, 0.3) is 5.91 Å². The molecule has 1 aliphatic rings. The number of halogens is 1. The van der Waals surface area contributed by atoms with Crippen molar-refractivity contribution >= 4 is 44.8 Å². The van der Waals surface area contributed by atoms with E-state index in [0.717, 1.165) is 36.1 Å². The van der Waals surface area contributed by atoms with Crippen LogP contribution in [0.5, 0.6) is 0 Å². The Kier molecular flexibility index (Phi) is 6.23. The number of thiophene rings is 1. The number of rotatable bonds is 5. The number of benzene rings is 1. The summed E-state index contributed by atoms with van der Waals surface area (Å²) < 4.78 is 0.838. The van der Waals surface area contributed by atoms with Gasteiger partial charge in [0.2, 0.25) is 5.91 Å². The van der Waals surface area contributed by atoms with Gasteiger partial charge < -0.3 is 10.6 Å². The Balaban J connectivity index is 1.42. The van der Waals surface area contributed by atoms with E-state index in [-0.39, 0.29) is 17.9 Å². The van der Waals surface area contributed by atoms with Crippen LogP contribution >= 0.6 is 27.3 Å². The third-order valence-corrected chi connectivity index (χ3v) is 6.01. The van der Waals surface area contributed by atoms with Gasteiger partial charge in [0.15, 0.2) is 0 Å². The molecule has 7 heteroatoms. The first-order valence-electron chi connectivity index (χ1n) is 8.23. The molecule has 0 spiro atoms. The van der Waals surface area contributed by atoms with Crippen LogP contribution in [0.3, 0.4) is 0 Å². The van der Waals surface area contributed by atoms with Crippen molar-refractivity contribution in [3.05, 3.63) is 51.1 Å². The number of anilines is 1. The monoisotopic (exact) mass is 421 g/mol. The molecule has 0 unspecified atom stereocenters. The molecule has 1 fully saturated rings. The third-order valence-electron chi connectivity index (χ3n) is 4.17. The number of amides is 2. The van der Waals surface area contributed by atoms with Crippen LogP contribution in [-0.2, 0) is 4.79 Å². The number of carbonyl (C=O) groups excluding carboxylic acids is 2. The molecule has 132 valence electrons. The fraction of sp³-hybridized carbons (Fsp3) is 0.333. The lowest BCUT2D eigenvalue weighted by Gasteiger charge is -2.31. The summed E-state index contributed by atoms with van der Waals surface area (Å²) in [6, 6.07) is 11.5. The number of hydrogen-bond acceptors (Lipinski definition) is 4. The first-order valence-corrected chi connectivity index (χ1v) is 9.90. The zero-order valence-corrected chi connectivity index (χ0v) is 16.1. The second-order valence-electron chi connectivity index (χ2n) is 6.04. The maximum atomic E-state index is 12.2. The minimum atomic E-state index is -0.0258. The van der Waals surface area contributed by atoms with Crippen LogP contribution in [-0.4, -0.2) is 42.4 Å². The summed E-state index contributed by atoms with van der Waals surface area (Å²) in [5, 5.41) is 7.89. The van der Waals surface area contributed by atoms with Crippen molar-refractivity contribution in [3.63, 3.8) is 0 Å². The molecule has 3 rings (SSSR count). The molecule has 0 atom stereocenters. The normalized spacial score (nSPS) is 15.7. The van der Waals surface area contributed by atoms with Gasteiger partial charge in [-0.25, -0.2) is 0 Å². The second-order valence-corrected chi connectivity index (χ2v) is 7.81. The van der Waals surface area contributed by atoms with E-state index < -0.39 is 0 Å². The van der Waals surface area contributed by atoms with Gasteiger partial charge >= 0.3 is 0 Å². The minimum Gasteiger partial charge on any atom is -0.348 e. The van der Waals surface area contributed by atoms with Gasteiger partial charge in [-0.3, -0.25) is 14.5 Å². The van der Waals surface area contributed by atoms with Gasteiger partial charge in [0.05, 0.1) is 6.54 Å². The van der Waals surface area contributed by atoms with E-state index in [0.29, 0.717) is 11.4 Å². The van der Waals surface area contributed by atoms with Gasteiger partial charge in [-0.15, -0.1) is 11.3 Å². The lowest BCUT2D eigenvalue weighted by molar-refractivity contribution is -0.117. The highest BCUT2D eigenvalue weighted by Crippen LogP contribution is 2.23. The molecule has 1 saturated heterocycles. The Bertz CT molecular complexity index is 727. The predicted molar refractivity (Wildman–Crippen MR) is 104 cm³/mol.